The van der Waals surface area contributed by atoms with Crippen LogP contribution in [0.3, 0.4) is 0 Å². The van der Waals surface area contributed by atoms with Crippen molar-refractivity contribution in [3.05, 3.63) is 58.4 Å². The standard InChI is InChI=1S/C20H25ClFNO3S/c1-13(23-27(24)20(2,3)4)17-10-14(22)11-19(21)18(17)12-26-16-8-6-15(25-5)7-9-16/h6-11,13,23H,12H2,1-5H3. The fraction of sp³-hybridized carbons (Fsp3) is 0.400. The quantitative estimate of drug-likeness (QED) is 0.635. The second kappa shape index (κ2) is 9.15. The summed E-state index contributed by atoms with van der Waals surface area (Å²) in [5.41, 5.74) is 1.27. The van der Waals surface area contributed by atoms with Gasteiger partial charge in [-0.3, -0.25) is 0 Å². The molecular formula is C20H25ClFNO3S. The van der Waals surface area contributed by atoms with E-state index in [0.717, 1.165) is 5.75 Å². The lowest BCUT2D eigenvalue weighted by Crippen LogP contribution is -2.40. The van der Waals surface area contributed by atoms with E-state index in [1.54, 1.807) is 31.4 Å². The number of hydrogen-bond acceptors (Lipinski definition) is 4. The van der Waals surface area contributed by atoms with Crippen LogP contribution in [0.2, 0.25) is 5.02 Å². The van der Waals surface area contributed by atoms with Gasteiger partial charge < -0.3 is 14.0 Å². The van der Waals surface area contributed by atoms with Crippen molar-refractivity contribution in [2.24, 2.45) is 0 Å². The highest BCUT2D eigenvalue weighted by molar-refractivity contribution is 7.90. The predicted octanol–water partition coefficient (Wildman–Crippen LogP) is 5.18. The predicted molar refractivity (Wildman–Crippen MR) is 108 cm³/mol. The van der Waals surface area contributed by atoms with Gasteiger partial charge in [-0.1, -0.05) is 11.6 Å². The van der Waals surface area contributed by atoms with Crippen molar-refractivity contribution in [2.75, 3.05) is 7.11 Å². The Bertz CT molecular complexity index is 765. The molecule has 2 unspecified atom stereocenters. The van der Waals surface area contributed by atoms with E-state index >= 15 is 0 Å². The van der Waals surface area contributed by atoms with E-state index in [0.29, 0.717) is 16.9 Å². The van der Waals surface area contributed by atoms with Crippen molar-refractivity contribution in [1.82, 2.24) is 4.72 Å². The zero-order valence-corrected chi connectivity index (χ0v) is 17.7. The Labute approximate surface area is 168 Å². The Hall–Kier alpha value is -1.47. The molecule has 2 atom stereocenters. The molecule has 0 aliphatic carbocycles. The number of benzene rings is 2. The van der Waals surface area contributed by atoms with E-state index in [-0.39, 0.29) is 17.7 Å². The molecule has 7 heteroatoms. The summed E-state index contributed by atoms with van der Waals surface area (Å²) < 4.78 is 39.9. The molecule has 0 aliphatic heterocycles. The minimum atomic E-state index is -1.30. The van der Waals surface area contributed by atoms with Crippen LogP contribution >= 0.6 is 11.6 Å². The Morgan fingerprint density at radius 1 is 1.19 bits per heavy atom. The largest absolute Gasteiger partial charge is 0.598 e. The van der Waals surface area contributed by atoms with Gasteiger partial charge in [0.15, 0.2) is 0 Å². The molecule has 1 N–H and O–H groups in total. The summed E-state index contributed by atoms with van der Waals surface area (Å²) >= 11 is 4.97. The maximum absolute atomic E-state index is 13.9. The summed E-state index contributed by atoms with van der Waals surface area (Å²) in [6.07, 6.45) is 0. The lowest BCUT2D eigenvalue weighted by Gasteiger charge is -2.27. The van der Waals surface area contributed by atoms with Gasteiger partial charge in [0.2, 0.25) is 0 Å². The highest BCUT2D eigenvalue weighted by Crippen LogP contribution is 2.30. The highest BCUT2D eigenvalue weighted by atomic mass is 35.5. The SMILES string of the molecule is COc1ccc(OCc2c(Cl)cc(F)cc2C(C)N[S+]([O-])C(C)(C)C)cc1. The fourth-order valence-electron chi connectivity index (χ4n) is 2.39. The average Bonchev–Trinajstić information content (AvgIpc) is 2.60. The molecule has 2 aromatic rings. The number of methoxy groups -OCH3 is 1. The Morgan fingerprint density at radius 3 is 2.33 bits per heavy atom. The molecule has 0 saturated carbocycles. The molecule has 2 rings (SSSR count). The van der Waals surface area contributed by atoms with Gasteiger partial charge in [0.05, 0.1) is 18.2 Å². The van der Waals surface area contributed by atoms with Gasteiger partial charge in [-0.05, 0) is 69.7 Å². The Morgan fingerprint density at radius 2 is 1.78 bits per heavy atom. The van der Waals surface area contributed by atoms with E-state index in [1.165, 1.54) is 12.1 Å². The molecule has 0 aliphatic rings. The first kappa shape index (κ1) is 21.8. The van der Waals surface area contributed by atoms with E-state index in [9.17, 15) is 8.94 Å². The van der Waals surface area contributed by atoms with Crippen LogP contribution in [0.25, 0.3) is 0 Å². The van der Waals surface area contributed by atoms with E-state index in [4.69, 9.17) is 21.1 Å². The minimum absolute atomic E-state index is 0.162. The van der Waals surface area contributed by atoms with Crippen LogP contribution in [0.5, 0.6) is 11.5 Å². The average molecular weight is 414 g/mol. The van der Waals surface area contributed by atoms with Crippen LogP contribution in [0.4, 0.5) is 4.39 Å². The Kier molecular flexibility index (Phi) is 7.40. The third-order valence-electron chi connectivity index (χ3n) is 3.94. The molecule has 0 aromatic heterocycles. The van der Waals surface area contributed by atoms with Gasteiger partial charge >= 0.3 is 0 Å². The molecule has 0 heterocycles. The maximum Gasteiger partial charge on any atom is 0.136 e. The van der Waals surface area contributed by atoms with Crippen molar-refractivity contribution in [1.29, 1.82) is 0 Å². The molecular weight excluding hydrogens is 389 g/mol. The van der Waals surface area contributed by atoms with E-state index < -0.39 is 21.9 Å². The summed E-state index contributed by atoms with van der Waals surface area (Å²) in [6, 6.07) is 9.44. The topological polar surface area (TPSA) is 53.5 Å². The molecule has 0 bridgehead atoms. The first-order chi connectivity index (χ1) is 12.6. The van der Waals surface area contributed by atoms with Gasteiger partial charge in [0, 0.05) is 16.9 Å². The molecule has 0 saturated heterocycles. The number of nitrogens with one attached hydrogen (secondary N) is 1. The molecule has 0 radical (unpaired) electrons. The molecule has 0 fully saturated rings. The van der Waals surface area contributed by atoms with Gasteiger partial charge in [0.25, 0.3) is 0 Å². The summed E-state index contributed by atoms with van der Waals surface area (Å²) in [6.45, 7) is 7.60. The van der Waals surface area contributed by atoms with Gasteiger partial charge in [-0.25, -0.2) is 4.39 Å². The molecule has 0 spiro atoms. The first-order valence-electron chi connectivity index (χ1n) is 8.54. The molecule has 27 heavy (non-hydrogen) atoms. The maximum atomic E-state index is 13.9. The van der Waals surface area contributed by atoms with Crippen LogP contribution in [0.15, 0.2) is 36.4 Å². The minimum Gasteiger partial charge on any atom is -0.598 e. The van der Waals surface area contributed by atoms with Crippen LogP contribution < -0.4 is 14.2 Å². The Balaban J connectivity index is 2.22. The fourth-order valence-corrected chi connectivity index (χ4v) is 3.46. The molecule has 2 aromatic carbocycles. The second-order valence-electron chi connectivity index (χ2n) is 7.14. The highest BCUT2D eigenvalue weighted by Gasteiger charge is 2.29. The number of rotatable bonds is 7. The van der Waals surface area contributed by atoms with Gasteiger partial charge in [-0.2, -0.15) is 0 Å². The third-order valence-corrected chi connectivity index (χ3v) is 5.96. The lowest BCUT2D eigenvalue weighted by molar-refractivity contribution is 0.303. The van der Waals surface area contributed by atoms with Gasteiger partial charge in [-0.15, -0.1) is 4.72 Å². The zero-order chi connectivity index (χ0) is 20.2. The third kappa shape index (κ3) is 6.01. The summed E-state index contributed by atoms with van der Waals surface area (Å²) in [5, 5.41) is 0.272. The van der Waals surface area contributed by atoms with Crippen LogP contribution in [0, 0.1) is 5.82 Å². The normalized spacial score (nSPS) is 13.9. The second-order valence-corrected chi connectivity index (χ2v) is 9.55. The summed E-state index contributed by atoms with van der Waals surface area (Å²) in [4.78, 5) is 0. The van der Waals surface area contributed by atoms with Crippen molar-refractivity contribution in [3.8, 4) is 11.5 Å². The smallest absolute Gasteiger partial charge is 0.136 e. The lowest BCUT2D eigenvalue weighted by atomic mass is 10.0. The monoisotopic (exact) mass is 413 g/mol. The molecule has 4 nitrogen and oxygen atoms in total. The number of ether oxygens (including phenoxy) is 2. The molecule has 0 amide bonds. The summed E-state index contributed by atoms with van der Waals surface area (Å²) in [7, 11) is 1.59. The zero-order valence-electron chi connectivity index (χ0n) is 16.1. The first-order valence-corrected chi connectivity index (χ1v) is 10.1. The van der Waals surface area contributed by atoms with E-state index in [1.807, 2.05) is 27.7 Å². The number of halogens is 2. The van der Waals surface area contributed by atoms with Crippen molar-refractivity contribution < 1.29 is 18.4 Å². The van der Waals surface area contributed by atoms with Gasteiger partial charge in [0.1, 0.15) is 28.7 Å². The van der Waals surface area contributed by atoms with Crippen molar-refractivity contribution >= 4 is 23.0 Å². The van der Waals surface area contributed by atoms with Crippen molar-refractivity contribution in [3.63, 3.8) is 0 Å². The van der Waals surface area contributed by atoms with Crippen LogP contribution in [-0.4, -0.2) is 16.4 Å². The molecule has 148 valence electrons. The van der Waals surface area contributed by atoms with Crippen LogP contribution in [-0.2, 0) is 18.0 Å². The summed E-state index contributed by atoms with van der Waals surface area (Å²) in [5.74, 6) is 0.921. The number of hydrogen-bond donors (Lipinski definition) is 1. The van der Waals surface area contributed by atoms with Crippen molar-refractivity contribution in [2.45, 2.75) is 45.1 Å². The van der Waals surface area contributed by atoms with E-state index in [2.05, 4.69) is 4.72 Å². The van der Waals surface area contributed by atoms with Crippen LogP contribution in [0.1, 0.15) is 44.9 Å².